The first-order valence-electron chi connectivity index (χ1n) is 6.90. The van der Waals surface area contributed by atoms with Gasteiger partial charge in [0.15, 0.2) is 0 Å². The van der Waals surface area contributed by atoms with Gasteiger partial charge in [0.25, 0.3) is 0 Å². The van der Waals surface area contributed by atoms with Crippen molar-refractivity contribution in [2.24, 2.45) is 0 Å². The van der Waals surface area contributed by atoms with Crippen LogP contribution in [-0.2, 0) is 16.1 Å². The van der Waals surface area contributed by atoms with Crippen molar-refractivity contribution in [1.82, 2.24) is 14.7 Å². The van der Waals surface area contributed by atoms with Crippen LogP contribution in [0, 0.1) is 24.0 Å². The molecule has 1 fully saturated rings. The quantitative estimate of drug-likeness (QED) is 0.614. The van der Waals surface area contributed by atoms with E-state index in [2.05, 4.69) is 5.10 Å². The van der Waals surface area contributed by atoms with Crippen LogP contribution in [0.15, 0.2) is 0 Å². The largest absolute Gasteiger partial charge is 0.375 e. The summed E-state index contributed by atoms with van der Waals surface area (Å²) >= 11 is 0. The molecule has 2 heterocycles. The smallest absolute Gasteiger partial charge is 0.312 e. The average Bonchev–Trinajstić information content (AvgIpc) is 2.67. The molecule has 2 rings (SSSR count). The van der Waals surface area contributed by atoms with Crippen molar-refractivity contribution in [1.29, 1.82) is 0 Å². The van der Waals surface area contributed by atoms with Gasteiger partial charge in [-0.1, -0.05) is 0 Å². The topological polar surface area (TPSA) is 90.5 Å². The minimum atomic E-state index is -0.460. The number of ether oxygens (including phenoxy) is 1. The summed E-state index contributed by atoms with van der Waals surface area (Å²) in [6.45, 7) is 8.07. The minimum Gasteiger partial charge on any atom is -0.375 e. The fraction of sp³-hybridized carbons (Fsp3) is 0.692. The summed E-state index contributed by atoms with van der Waals surface area (Å²) in [5.41, 5.74) is 0.708. The molecule has 116 valence electrons. The fourth-order valence-corrected chi connectivity index (χ4v) is 2.58. The van der Waals surface area contributed by atoms with Crippen molar-refractivity contribution in [3.05, 3.63) is 21.5 Å². The second-order valence-corrected chi connectivity index (χ2v) is 5.47. The van der Waals surface area contributed by atoms with Gasteiger partial charge >= 0.3 is 5.69 Å². The molecule has 1 aromatic heterocycles. The van der Waals surface area contributed by atoms with Crippen LogP contribution < -0.4 is 0 Å². The number of hydrogen-bond donors (Lipinski definition) is 0. The molecule has 8 nitrogen and oxygen atoms in total. The van der Waals surface area contributed by atoms with E-state index >= 15 is 0 Å². The van der Waals surface area contributed by atoms with Crippen molar-refractivity contribution >= 4 is 11.6 Å². The van der Waals surface area contributed by atoms with Gasteiger partial charge in [-0.15, -0.1) is 0 Å². The Morgan fingerprint density at radius 2 is 2.14 bits per heavy atom. The second kappa shape index (κ2) is 5.80. The van der Waals surface area contributed by atoms with E-state index in [1.165, 1.54) is 4.68 Å². The number of nitrogens with zero attached hydrogens (tertiary/aromatic N) is 4. The van der Waals surface area contributed by atoms with E-state index in [1.54, 1.807) is 18.7 Å². The van der Waals surface area contributed by atoms with Crippen molar-refractivity contribution in [3.8, 4) is 0 Å². The highest BCUT2D eigenvalue weighted by atomic mass is 16.6. The summed E-state index contributed by atoms with van der Waals surface area (Å²) in [5.74, 6) is -0.0989. The maximum atomic E-state index is 12.4. The number of hydrogen-bond acceptors (Lipinski definition) is 5. The van der Waals surface area contributed by atoms with Gasteiger partial charge < -0.3 is 9.64 Å². The Labute approximate surface area is 122 Å². The normalized spacial score (nSPS) is 22.4. The molecular formula is C13H20N4O4. The van der Waals surface area contributed by atoms with Gasteiger partial charge in [-0.2, -0.15) is 5.10 Å². The molecule has 1 aromatic rings. The number of carbonyl (C=O) groups is 1. The number of rotatable bonds is 3. The van der Waals surface area contributed by atoms with Crippen molar-refractivity contribution < 1.29 is 14.5 Å². The Balaban J connectivity index is 2.16. The molecule has 0 aliphatic carbocycles. The maximum absolute atomic E-state index is 12.4. The monoisotopic (exact) mass is 296 g/mol. The van der Waals surface area contributed by atoms with E-state index in [1.807, 2.05) is 13.8 Å². The zero-order chi connectivity index (χ0) is 15.7. The molecule has 0 radical (unpaired) electrons. The first-order chi connectivity index (χ1) is 9.81. The molecule has 2 unspecified atom stereocenters. The number of amides is 1. The van der Waals surface area contributed by atoms with Gasteiger partial charge in [0, 0.05) is 6.54 Å². The zero-order valence-electron chi connectivity index (χ0n) is 12.7. The van der Waals surface area contributed by atoms with E-state index in [-0.39, 0.29) is 30.3 Å². The van der Waals surface area contributed by atoms with Crippen LogP contribution in [0.1, 0.15) is 25.2 Å². The summed E-state index contributed by atoms with van der Waals surface area (Å²) in [6, 6.07) is 0.000603. The molecule has 1 amide bonds. The van der Waals surface area contributed by atoms with Crippen LogP contribution in [0.3, 0.4) is 0 Å². The maximum Gasteiger partial charge on any atom is 0.312 e. The van der Waals surface area contributed by atoms with Gasteiger partial charge in [-0.25, -0.2) is 0 Å². The van der Waals surface area contributed by atoms with Crippen molar-refractivity contribution in [2.75, 3.05) is 13.2 Å². The highest BCUT2D eigenvalue weighted by molar-refractivity contribution is 5.76. The molecule has 1 aliphatic rings. The number of morpholine rings is 1. The van der Waals surface area contributed by atoms with Crippen molar-refractivity contribution in [3.63, 3.8) is 0 Å². The van der Waals surface area contributed by atoms with Gasteiger partial charge in [0.05, 0.1) is 23.7 Å². The van der Waals surface area contributed by atoms with Crippen molar-refractivity contribution in [2.45, 2.75) is 46.4 Å². The lowest BCUT2D eigenvalue weighted by Crippen LogP contribution is -2.51. The second-order valence-electron chi connectivity index (χ2n) is 5.47. The third kappa shape index (κ3) is 3.05. The Morgan fingerprint density at radius 1 is 1.48 bits per heavy atom. The van der Waals surface area contributed by atoms with E-state index in [9.17, 15) is 14.9 Å². The van der Waals surface area contributed by atoms with Crippen LogP contribution in [0.5, 0.6) is 0 Å². The fourth-order valence-electron chi connectivity index (χ4n) is 2.58. The molecule has 1 aliphatic heterocycles. The molecule has 21 heavy (non-hydrogen) atoms. The molecule has 0 saturated carbocycles. The Kier molecular flexibility index (Phi) is 4.26. The predicted molar refractivity (Wildman–Crippen MR) is 74.9 cm³/mol. The Bertz CT molecular complexity index is 569. The summed E-state index contributed by atoms with van der Waals surface area (Å²) in [5, 5.41) is 15.1. The third-order valence-electron chi connectivity index (χ3n) is 3.74. The van der Waals surface area contributed by atoms with Gasteiger partial charge in [-0.05, 0) is 27.7 Å². The van der Waals surface area contributed by atoms with E-state index in [0.29, 0.717) is 24.5 Å². The van der Waals surface area contributed by atoms with E-state index in [0.717, 1.165) is 0 Å². The average molecular weight is 296 g/mol. The van der Waals surface area contributed by atoms with Crippen LogP contribution in [0.2, 0.25) is 0 Å². The number of aryl methyl sites for hydroxylation is 1. The lowest BCUT2D eigenvalue weighted by molar-refractivity contribution is -0.386. The summed E-state index contributed by atoms with van der Waals surface area (Å²) in [4.78, 5) is 24.7. The highest BCUT2D eigenvalue weighted by Gasteiger charge is 2.29. The number of aromatic nitrogens is 2. The van der Waals surface area contributed by atoms with E-state index < -0.39 is 4.92 Å². The van der Waals surface area contributed by atoms with Crippen LogP contribution in [0.4, 0.5) is 5.69 Å². The van der Waals surface area contributed by atoms with E-state index in [4.69, 9.17) is 4.74 Å². The third-order valence-corrected chi connectivity index (χ3v) is 3.74. The van der Waals surface area contributed by atoms with Crippen LogP contribution >= 0.6 is 0 Å². The van der Waals surface area contributed by atoms with Gasteiger partial charge in [0.1, 0.15) is 17.9 Å². The van der Waals surface area contributed by atoms with Crippen LogP contribution in [0.25, 0.3) is 0 Å². The highest BCUT2D eigenvalue weighted by Crippen LogP contribution is 2.22. The molecule has 0 bridgehead atoms. The molecule has 1 saturated heterocycles. The number of carbonyl (C=O) groups excluding carboxylic acids is 1. The standard InChI is InChI=1S/C13H20N4O4/c1-8-7-21-9(2)5-15(8)12(18)6-16-11(4)13(17(19)20)10(3)14-16/h8-9H,5-7H2,1-4H3. The summed E-state index contributed by atoms with van der Waals surface area (Å²) < 4.78 is 6.90. The molecular weight excluding hydrogens is 276 g/mol. The zero-order valence-corrected chi connectivity index (χ0v) is 12.7. The first kappa shape index (κ1) is 15.4. The Morgan fingerprint density at radius 3 is 2.71 bits per heavy atom. The lowest BCUT2D eigenvalue weighted by atomic mass is 10.2. The van der Waals surface area contributed by atoms with Gasteiger partial charge in [-0.3, -0.25) is 19.6 Å². The molecule has 2 atom stereocenters. The lowest BCUT2D eigenvalue weighted by Gasteiger charge is -2.36. The molecule has 0 N–H and O–H groups in total. The summed E-state index contributed by atoms with van der Waals surface area (Å²) in [6.07, 6.45) is -0.0000550. The van der Waals surface area contributed by atoms with Crippen LogP contribution in [-0.4, -0.2) is 50.8 Å². The van der Waals surface area contributed by atoms with Gasteiger partial charge in [0.2, 0.25) is 5.91 Å². The Hall–Kier alpha value is -1.96. The molecule has 8 heteroatoms. The molecule has 0 aromatic carbocycles. The molecule has 0 spiro atoms. The number of nitro groups is 1. The summed E-state index contributed by atoms with van der Waals surface area (Å²) in [7, 11) is 0. The first-order valence-corrected chi connectivity index (χ1v) is 6.90. The predicted octanol–water partition coefficient (Wildman–Crippen LogP) is 1.04. The minimum absolute atomic E-state index is 0.0000550. The SMILES string of the molecule is Cc1nn(CC(=O)N2CC(C)OCC2C)c(C)c1[N+](=O)[O-].